The first-order valence-corrected chi connectivity index (χ1v) is 12.7. The largest absolute Gasteiger partial charge is 0.369 e. The first-order chi connectivity index (χ1) is 15.4. The molecule has 2 heterocycles. The van der Waals surface area contributed by atoms with Gasteiger partial charge in [0.1, 0.15) is 0 Å². The van der Waals surface area contributed by atoms with Gasteiger partial charge in [-0.3, -0.25) is 4.79 Å². The van der Waals surface area contributed by atoms with E-state index in [4.69, 9.17) is 0 Å². The Morgan fingerprint density at radius 2 is 1.53 bits per heavy atom. The molecule has 0 unspecified atom stereocenters. The maximum atomic E-state index is 12.8. The predicted molar refractivity (Wildman–Crippen MR) is 126 cm³/mol. The molecule has 0 spiro atoms. The molecule has 1 amide bonds. The van der Waals surface area contributed by atoms with Gasteiger partial charge in [-0.2, -0.15) is 4.31 Å². The summed E-state index contributed by atoms with van der Waals surface area (Å²) in [5, 5.41) is 3.03. The van der Waals surface area contributed by atoms with Crippen LogP contribution in [-0.2, 0) is 21.4 Å². The van der Waals surface area contributed by atoms with Crippen LogP contribution in [0.2, 0.25) is 0 Å². The lowest BCUT2D eigenvalue weighted by Gasteiger charge is -2.34. The fourth-order valence-electron chi connectivity index (χ4n) is 4.32. The third-order valence-corrected chi connectivity index (χ3v) is 8.39. The topological polar surface area (TPSA) is 73.0 Å². The SMILES string of the molecule is CN1CCN(c2ccc(CNC(=O)C3CCN(S(=O)(=O)c4ccccc4)CC3)cc2)CC1. The Morgan fingerprint density at radius 1 is 0.906 bits per heavy atom. The zero-order valence-corrected chi connectivity index (χ0v) is 19.4. The van der Waals surface area contributed by atoms with Gasteiger partial charge in [-0.15, -0.1) is 0 Å². The third kappa shape index (κ3) is 5.31. The number of anilines is 1. The predicted octanol–water partition coefficient (Wildman–Crippen LogP) is 2.16. The fraction of sp³-hybridized carbons (Fsp3) is 0.458. The Hall–Kier alpha value is -2.42. The van der Waals surface area contributed by atoms with Gasteiger partial charge in [-0.1, -0.05) is 30.3 Å². The van der Waals surface area contributed by atoms with E-state index >= 15 is 0 Å². The third-order valence-electron chi connectivity index (χ3n) is 6.48. The highest BCUT2D eigenvalue weighted by molar-refractivity contribution is 7.89. The number of nitrogens with zero attached hydrogens (tertiary/aromatic N) is 3. The number of carbonyl (C=O) groups excluding carboxylic acids is 1. The molecule has 0 aromatic heterocycles. The first kappa shape index (κ1) is 22.8. The van der Waals surface area contributed by atoms with Gasteiger partial charge in [0.2, 0.25) is 15.9 Å². The van der Waals surface area contributed by atoms with Crippen LogP contribution in [0.5, 0.6) is 0 Å². The van der Waals surface area contributed by atoms with Crippen molar-refractivity contribution >= 4 is 21.6 Å². The number of piperidine rings is 1. The van der Waals surface area contributed by atoms with Crippen LogP contribution >= 0.6 is 0 Å². The van der Waals surface area contributed by atoms with E-state index in [9.17, 15) is 13.2 Å². The minimum absolute atomic E-state index is 0.00454. The van der Waals surface area contributed by atoms with Crippen LogP contribution in [0, 0.1) is 5.92 Å². The van der Waals surface area contributed by atoms with Crippen LogP contribution in [0.25, 0.3) is 0 Å². The first-order valence-electron chi connectivity index (χ1n) is 11.3. The number of benzene rings is 2. The molecule has 0 atom stereocenters. The van der Waals surface area contributed by atoms with Crippen LogP contribution in [0.4, 0.5) is 5.69 Å². The van der Waals surface area contributed by atoms with Crippen molar-refractivity contribution in [1.29, 1.82) is 0 Å². The molecule has 0 radical (unpaired) electrons. The lowest BCUT2D eigenvalue weighted by Crippen LogP contribution is -2.44. The number of piperazine rings is 1. The molecule has 172 valence electrons. The number of carbonyl (C=O) groups is 1. The summed E-state index contributed by atoms with van der Waals surface area (Å²) in [6.45, 7) is 5.44. The zero-order chi connectivity index (χ0) is 22.6. The number of nitrogens with one attached hydrogen (secondary N) is 1. The van der Waals surface area contributed by atoms with Crippen LogP contribution in [0.15, 0.2) is 59.5 Å². The van der Waals surface area contributed by atoms with Crippen molar-refractivity contribution in [3.8, 4) is 0 Å². The van der Waals surface area contributed by atoms with E-state index < -0.39 is 10.0 Å². The molecule has 2 saturated heterocycles. The van der Waals surface area contributed by atoms with Crippen LogP contribution in [0.1, 0.15) is 18.4 Å². The summed E-state index contributed by atoms with van der Waals surface area (Å²) in [5.74, 6) is -0.147. The number of hydrogen-bond acceptors (Lipinski definition) is 5. The van der Waals surface area contributed by atoms with E-state index in [0.29, 0.717) is 37.4 Å². The Labute approximate surface area is 191 Å². The van der Waals surface area contributed by atoms with Crippen molar-refractivity contribution < 1.29 is 13.2 Å². The summed E-state index contributed by atoms with van der Waals surface area (Å²) in [6, 6.07) is 16.9. The molecule has 2 aliphatic heterocycles. The second-order valence-corrected chi connectivity index (χ2v) is 10.6. The number of hydrogen-bond donors (Lipinski definition) is 1. The number of likely N-dealkylation sites (N-methyl/N-ethyl adjacent to an activating group) is 1. The monoisotopic (exact) mass is 456 g/mol. The van der Waals surface area contributed by atoms with Crippen molar-refractivity contribution in [2.45, 2.75) is 24.3 Å². The van der Waals surface area contributed by atoms with Crippen molar-refractivity contribution in [3.05, 3.63) is 60.2 Å². The summed E-state index contributed by atoms with van der Waals surface area (Å²) in [5.41, 5.74) is 2.29. The molecule has 32 heavy (non-hydrogen) atoms. The highest BCUT2D eigenvalue weighted by Crippen LogP contribution is 2.24. The summed E-state index contributed by atoms with van der Waals surface area (Å²) >= 11 is 0. The van der Waals surface area contributed by atoms with Crippen molar-refractivity contribution in [2.24, 2.45) is 5.92 Å². The van der Waals surface area contributed by atoms with Crippen molar-refractivity contribution in [1.82, 2.24) is 14.5 Å². The molecule has 4 rings (SSSR count). The molecule has 1 N–H and O–H groups in total. The Bertz CT molecular complexity index is 995. The maximum absolute atomic E-state index is 12.8. The smallest absolute Gasteiger partial charge is 0.243 e. The number of sulfonamides is 1. The van der Waals surface area contributed by atoms with Gasteiger partial charge in [0.15, 0.2) is 0 Å². The van der Waals surface area contributed by atoms with Crippen LogP contribution < -0.4 is 10.2 Å². The normalized spacial score (nSPS) is 19.1. The Morgan fingerprint density at radius 3 is 2.16 bits per heavy atom. The highest BCUT2D eigenvalue weighted by atomic mass is 32.2. The van der Waals surface area contributed by atoms with E-state index in [1.807, 2.05) is 0 Å². The van der Waals surface area contributed by atoms with E-state index in [0.717, 1.165) is 31.7 Å². The van der Waals surface area contributed by atoms with E-state index in [-0.39, 0.29) is 11.8 Å². The molecular weight excluding hydrogens is 424 g/mol. The summed E-state index contributed by atoms with van der Waals surface area (Å²) in [7, 11) is -1.34. The number of rotatable bonds is 6. The second kappa shape index (κ2) is 10.0. The highest BCUT2D eigenvalue weighted by Gasteiger charge is 2.31. The molecule has 2 aromatic rings. The van der Waals surface area contributed by atoms with Gasteiger partial charge in [0.05, 0.1) is 4.90 Å². The maximum Gasteiger partial charge on any atom is 0.243 e. The summed E-state index contributed by atoms with van der Waals surface area (Å²) < 4.78 is 27.0. The standard InChI is InChI=1S/C24H32N4O3S/c1-26-15-17-27(18-16-26)22-9-7-20(8-10-22)19-25-24(29)21-11-13-28(14-12-21)32(30,31)23-5-3-2-4-6-23/h2-10,21H,11-19H2,1H3,(H,25,29). The minimum atomic E-state index is -3.49. The molecule has 0 aliphatic carbocycles. The van der Waals surface area contributed by atoms with Gasteiger partial charge in [-0.25, -0.2) is 8.42 Å². The lowest BCUT2D eigenvalue weighted by atomic mass is 9.97. The summed E-state index contributed by atoms with van der Waals surface area (Å²) in [4.78, 5) is 17.7. The van der Waals surface area contributed by atoms with E-state index in [1.54, 1.807) is 30.3 Å². The average molecular weight is 457 g/mol. The molecule has 0 bridgehead atoms. The molecular formula is C24H32N4O3S. The lowest BCUT2D eigenvalue weighted by molar-refractivity contribution is -0.126. The zero-order valence-electron chi connectivity index (χ0n) is 18.6. The molecule has 0 saturated carbocycles. The van der Waals surface area contributed by atoms with Crippen molar-refractivity contribution in [2.75, 3.05) is 51.2 Å². The second-order valence-electron chi connectivity index (χ2n) is 8.67. The van der Waals surface area contributed by atoms with Gasteiger partial charge < -0.3 is 15.1 Å². The van der Waals surface area contributed by atoms with Crippen molar-refractivity contribution in [3.63, 3.8) is 0 Å². The summed E-state index contributed by atoms with van der Waals surface area (Å²) in [6.07, 6.45) is 1.08. The quantitative estimate of drug-likeness (QED) is 0.721. The van der Waals surface area contributed by atoms with Gasteiger partial charge in [0, 0.05) is 57.4 Å². The fourth-order valence-corrected chi connectivity index (χ4v) is 5.81. The Kier molecular flexibility index (Phi) is 7.13. The number of amides is 1. The van der Waals surface area contributed by atoms with Gasteiger partial charge in [0.25, 0.3) is 0 Å². The minimum Gasteiger partial charge on any atom is -0.369 e. The van der Waals surface area contributed by atoms with Crippen LogP contribution in [-0.4, -0.2) is 69.8 Å². The molecule has 2 fully saturated rings. The Balaban J connectivity index is 1.25. The molecule has 2 aromatic carbocycles. The molecule has 8 heteroatoms. The van der Waals surface area contributed by atoms with E-state index in [1.165, 1.54) is 9.99 Å². The van der Waals surface area contributed by atoms with E-state index in [2.05, 4.69) is 46.4 Å². The van der Waals surface area contributed by atoms with Crippen LogP contribution in [0.3, 0.4) is 0 Å². The van der Waals surface area contributed by atoms with Gasteiger partial charge in [-0.05, 0) is 49.7 Å². The van der Waals surface area contributed by atoms with Gasteiger partial charge >= 0.3 is 0 Å². The molecule has 2 aliphatic rings. The average Bonchev–Trinajstić information content (AvgIpc) is 2.84. The molecule has 7 nitrogen and oxygen atoms in total.